The van der Waals surface area contributed by atoms with Gasteiger partial charge in [0.1, 0.15) is 0 Å². The Bertz CT molecular complexity index is 784. The molecule has 1 aromatic carbocycles. The van der Waals surface area contributed by atoms with Gasteiger partial charge >= 0.3 is 0 Å². The lowest BCUT2D eigenvalue weighted by Crippen LogP contribution is -2.34. The van der Waals surface area contributed by atoms with Crippen molar-refractivity contribution in [1.29, 1.82) is 0 Å². The van der Waals surface area contributed by atoms with E-state index in [1.807, 2.05) is 0 Å². The number of halogens is 2. The van der Waals surface area contributed by atoms with Crippen LogP contribution in [0.15, 0.2) is 50.6 Å². The molecular weight excluding hydrogens is 476 g/mol. The molecule has 0 bridgehead atoms. The second-order valence-corrected chi connectivity index (χ2v) is 9.67. The van der Waals surface area contributed by atoms with Crippen molar-refractivity contribution in [2.24, 2.45) is 0 Å². The van der Waals surface area contributed by atoms with Gasteiger partial charge in [-0.3, -0.25) is 0 Å². The van der Waals surface area contributed by atoms with Gasteiger partial charge in [0.2, 0.25) is 0 Å². The molecule has 2 unspecified atom stereocenters. The van der Waals surface area contributed by atoms with Gasteiger partial charge in [-0.05, 0) is 90.0 Å². The van der Waals surface area contributed by atoms with E-state index in [-0.39, 0.29) is 0 Å². The Balaban J connectivity index is 0.000000706. The van der Waals surface area contributed by atoms with E-state index >= 15 is 0 Å². The van der Waals surface area contributed by atoms with Crippen molar-refractivity contribution >= 4 is 31.9 Å². The summed E-state index contributed by atoms with van der Waals surface area (Å²) < 4.78 is 2.44. The fraction of sp³-hybridized carbons (Fsp3) is 0.500. The summed E-state index contributed by atoms with van der Waals surface area (Å²) in [5.41, 5.74) is 7.41. The maximum Gasteiger partial charge on any atom is 0.0575 e. The number of hydrogen-bond acceptors (Lipinski definition) is 2. The molecule has 0 amide bonds. The van der Waals surface area contributed by atoms with E-state index in [2.05, 4.69) is 93.7 Å². The highest BCUT2D eigenvalue weighted by molar-refractivity contribution is 9.12. The number of nitrogens with one attached hydrogen (secondary N) is 2. The van der Waals surface area contributed by atoms with Gasteiger partial charge < -0.3 is 10.6 Å². The van der Waals surface area contributed by atoms with E-state index in [0.717, 1.165) is 30.4 Å². The molecule has 0 spiro atoms. The van der Waals surface area contributed by atoms with Crippen LogP contribution in [0.1, 0.15) is 62.1 Å². The standard InChI is InChI=1S/C21H24Br2N2.C3H8/c1-13-2-4-17-18(20(13)23)5-3-15-11-16(22)12-25-21(15)19(17)10-14-6-8-24-9-7-14;1-3-2/h2,4,10-12,19,21,24-25H,3,5-9H2,1H3;3H2,1-2H3. The molecule has 2 N–H and O–H groups in total. The number of hydrogen-bond donors (Lipinski definition) is 2. The van der Waals surface area contributed by atoms with Crippen LogP contribution in [-0.2, 0) is 6.42 Å². The fourth-order valence-electron chi connectivity index (χ4n) is 4.27. The van der Waals surface area contributed by atoms with Gasteiger partial charge in [-0.25, -0.2) is 0 Å². The van der Waals surface area contributed by atoms with Crippen LogP contribution in [-0.4, -0.2) is 19.1 Å². The van der Waals surface area contributed by atoms with Gasteiger partial charge in [0, 0.05) is 21.1 Å². The molecule has 152 valence electrons. The van der Waals surface area contributed by atoms with Crippen molar-refractivity contribution in [1.82, 2.24) is 10.6 Å². The largest absolute Gasteiger partial charge is 0.383 e. The monoisotopic (exact) mass is 506 g/mol. The van der Waals surface area contributed by atoms with Crippen molar-refractivity contribution in [3.8, 4) is 0 Å². The zero-order valence-corrected chi connectivity index (χ0v) is 20.4. The maximum atomic E-state index is 3.87. The van der Waals surface area contributed by atoms with Crippen molar-refractivity contribution in [2.75, 3.05) is 13.1 Å². The summed E-state index contributed by atoms with van der Waals surface area (Å²) in [6.45, 7) is 8.66. The number of fused-ring (bicyclic) bond motifs is 2. The van der Waals surface area contributed by atoms with E-state index < -0.39 is 0 Å². The lowest BCUT2D eigenvalue weighted by Gasteiger charge is -2.31. The van der Waals surface area contributed by atoms with Gasteiger partial charge in [-0.1, -0.05) is 60.0 Å². The first-order valence-corrected chi connectivity index (χ1v) is 12.1. The van der Waals surface area contributed by atoms with Crippen LogP contribution in [0, 0.1) is 6.92 Å². The van der Waals surface area contributed by atoms with Crippen molar-refractivity contribution in [3.63, 3.8) is 0 Å². The normalized spacial score (nSPS) is 23.7. The van der Waals surface area contributed by atoms with Crippen LogP contribution < -0.4 is 10.6 Å². The van der Waals surface area contributed by atoms with Gasteiger partial charge in [-0.15, -0.1) is 0 Å². The molecule has 0 saturated carbocycles. The third kappa shape index (κ3) is 5.01. The highest BCUT2D eigenvalue weighted by atomic mass is 79.9. The van der Waals surface area contributed by atoms with Crippen molar-refractivity contribution < 1.29 is 0 Å². The van der Waals surface area contributed by atoms with E-state index in [1.165, 1.54) is 46.0 Å². The molecule has 2 nitrogen and oxygen atoms in total. The average Bonchev–Trinajstić information content (AvgIpc) is 2.83. The van der Waals surface area contributed by atoms with E-state index in [9.17, 15) is 0 Å². The molecule has 3 aliphatic rings. The van der Waals surface area contributed by atoms with Gasteiger partial charge in [0.25, 0.3) is 0 Å². The summed E-state index contributed by atoms with van der Waals surface area (Å²) in [6.07, 6.45) is 12.8. The predicted octanol–water partition coefficient (Wildman–Crippen LogP) is 6.65. The van der Waals surface area contributed by atoms with Gasteiger partial charge in [-0.2, -0.15) is 0 Å². The number of dihydropyridines is 1. The number of piperidine rings is 1. The smallest absolute Gasteiger partial charge is 0.0575 e. The number of benzene rings is 1. The summed E-state index contributed by atoms with van der Waals surface area (Å²) in [4.78, 5) is 0. The third-order valence-corrected chi connectivity index (χ3v) is 7.20. The average molecular weight is 508 g/mol. The number of aryl methyl sites for hydroxylation is 1. The maximum absolute atomic E-state index is 3.87. The molecular formula is C24H32Br2N2. The highest BCUT2D eigenvalue weighted by Gasteiger charge is 2.32. The Labute approximate surface area is 187 Å². The molecule has 0 aromatic heterocycles. The Morgan fingerprint density at radius 3 is 2.50 bits per heavy atom. The molecule has 28 heavy (non-hydrogen) atoms. The van der Waals surface area contributed by atoms with Crippen LogP contribution >= 0.6 is 31.9 Å². The molecule has 1 saturated heterocycles. The molecule has 4 rings (SSSR count). The van der Waals surface area contributed by atoms with Crippen LogP contribution in [0.2, 0.25) is 0 Å². The Hall–Kier alpha value is -0.840. The third-order valence-electron chi connectivity index (χ3n) is 5.64. The van der Waals surface area contributed by atoms with Crippen molar-refractivity contribution in [3.05, 3.63) is 67.3 Å². The predicted molar refractivity (Wildman–Crippen MR) is 128 cm³/mol. The highest BCUT2D eigenvalue weighted by Crippen LogP contribution is 2.41. The molecule has 2 aliphatic heterocycles. The minimum Gasteiger partial charge on any atom is -0.383 e. The zero-order chi connectivity index (χ0) is 20.1. The number of rotatable bonds is 1. The summed E-state index contributed by atoms with van der Waals surface area (Å²) >= 11 is 7.52. The molecule has 2 heterocycles. The van der Waals surface area contributed by atoms with Gasteiger partial charge in [0.15, 0.2) is 0 Å². The molecule has 1 aliphatic carbocycles. The summed E-state index contributed by atoms with van der Waals surface area (Å²) in [7, 11) is 0. The summed E-state index contributed by atoms with van der Waals surface area (Å²) in [6, 6.07) is 4.98. The van der Waals surface area contributed by atoms with Gasteiger partial charge in [0.05, 0.1) is 6.04 Å². The summed E-state index contributed by atoms with van der Waals surface area (Å²) in [5, 5.41) is 7.14. The minimum absolute atomic E-state index is 0.361. The first-order chi connectivity index (χ1) is 13.5. The Kier molecular flexibility index (Phi) is 8.02. The molecule has 1 fully saturated rings. The molecule has 2 atom stereocenters. The molecule has 4 heteroatoms. The fourth-order valence-corrected chi connectivity index (χ4v) is 5.26. The second-order valence-electron chi connectivity index (χ2n) is 7.96. The lowest BCUT2D eigenvalue weighted by molar-refractivity contribution is 0.568. The van der Waals surface area contributed by atoms with Crippen LogP contribution in [0.3, 0.4) is 0 Å². The van der Waals surface area contributed by atoms with Crippen molar-refractivity contribution in [2.45, 2.75) is 64.8 Å². The lowest BCUT2D eigenvalue weighted by atomic mass is 9.83. The molecule has 0 radical (unpaired) electrons. The van der Waals surface area contributed by atoms with Crippen LogP contribution in [0.5, 0.6) is 0 Å². The van der Waals surface area contributed by atoms with Crippen LogP contribution in [0.25, 0.3) is 0 Å². The summed E-state index contributed by atoms with van der Waals surface area (Å²) in [5.74, 6) is 0.394. The van der Waals surface area contributed by atoms with E-state index in [0.29, 0.717) is 12.0 Å². The SMILES string of the molecule is CCC.Cc1ccc2c(c1Br)CCC1=CC(Br)=CNC1C2C=C1CCNCC1. The van der Waals surface area contributed by atoms with E-state index in [1.54, 1.807) is 5.57 Å². The Morgan fingerprint density at radius 2 is 1.79 bits per heavy atom. The van der Waals surface area contributed by atoms with Crippen LogP contribution in [0.4, 0.5) is 0 Å². The minimum atomic E-state index is 0.361. The first kappa shape index (κ1) is 21.9. The first-order valence-electron chi connectivity index (χ1n) is 10.6. The zero-order valence-electron chi connectivity index (χ0n) is 17.2. The topological polar surface area (TPSA) is 24.1 Å². The quantitative estimate of drug-likeness (QED) is 0.416. The number of allylic oxidation sites excluding steroid dienone is 2. The second kappa shape index (κ2) is 10.3. The Morgan fingerprint density at radius 1 is 1.07 bits per heavy atom. The molecule has 1 aromatic rings. The van der Waals surface area contributed by atoms with E-state index in [4.69, 9.17) is 0 Å².